The Labute approximate surface area is 244 Å². The second-order valence-electron chi connectivity index (χ2n) is 9.07. The Kier molecular flexibility index (Phi) is 10.7. The molecular weight excluding hydrogens is 581 g/mol. The fraction of sp³-hybridized carbons (Fsp3) is 0.286. The molecule has 0 saturated carbocycles. The van der Waals surface area contributed by atoms with Crippen molar-refractivity contribution in [2.24, 2.45) is 0 Å². The Bertz CT molecular complexity index is 1400. The quantitative estimate of drug-likeness (QED) is 0.281. The standard InChI is InChI=1S/C28H30Cl3N3O4S/c1-4-19(2)32-28(36)20(3)33(17-21-10-15-25(30)26(31)16-21)27(35)18-34(23-8-6-5-7-9-23)39(37,38)24-13-11-22(29)12-14-24/h5-16,19-20H,4,17-18H2,1-3H3,(H,32,36)/t19-,20-/m0/s1. The maximum Gasteiger partial charge on any atom is 0.264 e. The van der Waals surface area contributed by atoms with E-state index in [4.69, 9.17) is 34.8 Å². The van der Waals surface area contributed by atoms with E-state index in [0.29, 0.717) is 32.7 Å². The van der Waals surface area contributed by atoms with E-state index >= 15 is 0 Å². The van der Waals surface area contributed by atoms with Crippen LogP contribution in [-0.2, 0) is 26.2 Å². The molecule has 0 aliphatic rings. The lowest BCUT2D eigenvalue weighted by molar-refractivity contribution is -0.139. The molecule has 0 aromatic heterocycles. The van der Waals surface area contributed by atoms with Crippen molar-refractivity contribution >= 4 is 62.3 Å². The van der Waals surface area contributed by atoms with E-state index in [1.165, 1.54) is 29.2 Å². The summed E-state index contributed by atoms with van der Waals surface area (Å²) in [6.45, 7) is 4.87. The Morgan fingerprint density at radius 1 is 0.897 bits per heavy atom. The van der Waals surface area contributed by atoms with E-state index in [0.717, 1.165) is 4.31 Å². The van der Waals surface area contributed by atoms with Crippen LogP contribution in [0.3, 0.4) is 0 Å². The SMILES string of the molecule is CC[C@H](C)NC(=O)[C@H](C)N(Cc1ccc(Cl)c(Cl)c1)C(=O)CN(c1ccccc1)S(=O)(=O)c1ccc(Cl)cc1. The molecule has 2 amide bonds. The van der Waals surface area contributed by atoms with E-state index in [1.807, 2.05) is 13.8 Å². The van der Waals surface area contributed by atoms with Crippen LogP contribution in [0, 0.1) is 0 Å². The van der Waals surface area contributed by atoms with Crippen molar-refractivity contribution in [2.45, 2.75) is 50.7 Å². The summed E-state index contributed by atoms with van der Waals surface area (Å²) < 4.78 is 28.5. The number of hydrogen-bond acceptors (Lipinski definition) is 4. The second-order valence-corrected chi connectivity index (χ2v) is 12.2. The molecule has 3 rings (SSSR count). The number of halogens is 3. The molecule has 0 saturated heterocycles. The van der Waals surface area contributed by atoms with Crippen LogP contribution in [0.4, 0.5) is 5.69 Å². The molecule has 0 fully saturated rings. The average molecular weight is 611 g/mol. The van der Waals surface area contributed by atoms with E-state index in [9.17, 15) is 18.0 Å². The maximum atomic E-state index is 13.9. The molecule has 3 aromatic carbocycles. The number of rotatable bonds is 11. The molecule has 2 atom stereocenters. The zero-order valence-corrected chi connectivity index (χ0v) is 24.9. The fourth-order valence-corrected chi connectivity index (χ4v) is 5.60. The van der Waals surface area contributed by atoms with Gasteiger partial charge in [0.2, 0.25) is 11.8 Å². The molecular formula is C28H30Cl3N3O4S. The molecule has 0 bridgehead atoms. The normalized spacial score (nSPS) is 12.9. The number of carbonyl (C=O) groups is 2. The smallest absolute Gasteiger partial charge is 0.264 e. The largest absolute Gasteiger partial charge is 0.352 e. The molecule has 11 heteroatoms. The summed E-state index contributed by atoms with van der Waals surface area (Å²) in [5.41, 5.74) is 0.930. The van der Waals surface area contributed by atoms with E-state index in [1.54, 1.807) is 55.5 Å². The van der Waals surface area contributed by atoms with Gasteiger partial charge in [-0.05, 0) is 74.4 Å². The van der Waals surface area contributed by atoms with E-state index in [-0.39, 0.29) is 23.4 Å². The molecule has 0 spiro atoms. The van der Waals surface area contributed by atoms with Gasteiger partial charge in [0.15, 0.2) is 0 Å². The lowest BCUT2D eigenvalue weighted by Crippen LogP contribution is -2.52. The monoisotopic (exact) mass is 609 g/mol. The van der Waals surface area contributed by atoms with E-state index in [2.05, 4.69) is 5.32 Å². The van der Waals surface area contributed by atoms with Gasteiger partial charge in [-0.15, -0.1) is 0 Å². The van der Waals surface area contributed by atoms with Gasteiger partial charge in [0.25, 0.3) is 10.0 Å². The lowest BCUT2D eigenvalue weighted by atomic mass is 10.1. The number of benzene rings is 3. The first-order chi connectivity index (χ1) is 18.4. The van der Waals surface area contributed by atoms with Crippen molar-refractivity contribution < 1.29 is 18.0 Å². The van der Waals surface area contributed by atoms with Crippen LogP contribution in [-0.4, -0.2) is 43.8 Å². The van der Waals surface area contributed by atoms with Crippen LogP contribution in [0.2, 0.25) is 15.1 Å². The van der Waals surface area contributed by atoms with E-state index < -0.39 is 28.5 Å². The summed E-state index contributed by atoms with van der Waals surface area (Å²) >= 11 is 18.2. The molecule has 0 aliphatic heterocycles. The first kappa shape index (κ1) is 30.8. The summed E-state index contributed by atoms with van der Waals surface area (Å²) in [5.74, 6) is -0.932. The predicted molar refractivity (Wildman–Crippen MR) is 157 cm³/mol. The third kappa shape index (κ3) is 7.88. The van der Waals surface area contributed by atoms with Crippen molar-refractivity contribution in [2.75, 3.05) is 10.8 Å². The Morgan fingerprint density at radius 2 is 1.54 bits per heavy atom. The van der Waals surface area contributed by atoms with Crippen LogP contribution in [0.1, 0.15) is 32.8 Å². The van der Waals surface area contributed by atoms with Gasteiger partial charge in [0.1, 0.15) is 12.6 Å². The number of nitrogens with one attached hydrogen (secondary N) is 1. The average Bonchev–Trinajstić information content (AvgIpc) is 2.92. The van der Waals surface area contributed by atoms with Crippen LogP contribution >= 0.6 is 34.8 Å². The maximum absolute atomic E-state index is 13.9. The van der Waals surface area contributed by atoms with Gasteiger partial charge < -0.3 is 10.2 Å². The van der Waals surface area contributed by atoms with Gasteiger partial charge in [0.05, 0.1) is 20.6 Å². The lowest BCUT2D eigenvalue weighted by Gasteiger charge is -2.32. The van der Waals surface area contributed by atoms with Crippen molar-refractivity contribution in [3.63, 3.8) is 0 Å². The summed E-state index contributed by atoms with van der Waals surface area (Å²) in [6, 6.07) is 17.9. The fourth-order valence-electron chi connectivity index (χ4n) is 3.74. The highest BCUT2D eigenvalue weighted by molar-refractivity contribution is 7.92. The molecule has 0 radical (unpaired) electrons. The third-order valence-corrected chi connectivity index (χ3v) is 9.01. The number of carbonyl (C=O) groups excluding carboxylic acids is 2. The summed E-state index contributed by atoms with van der Waals surface area (Å²) in [4.78, 5) is 28.3. The first-order valence-corrected chi connectivity index (χ1v) is 14.9. The molecule has 1 N–H and O–H groups in total. The van der Waals surface area contributed by atoms with Crippen LogP contribution in [0.5, 0.6) is 0 Å². The summed E-state index contributed by atoms with van der Waals surface area (Å²) in [5, 5.41) is 3.93. The molecule has 208 valence electrons. The van der Waals surface area contributed by atoms with Gasteiger partial charge >= 0.3 is 0 Å². The van der Waals surface area contributed by atoms with Gasteiger partial charge in [-0.2, -0.15) is 0 Å². The minimum Gasteiger partial charge on any atom is -0.352 e. The van der Waals surface area contributed by atoms with Gasteiger partial charge in [0, 0.05) is 17.6 Å². The molecule has 0 unspecified atom stereocenters. The first-order valence-electron chi connectivity index (χ1n) is 12.3. The molecule has 0 heterocycles. The van der Waals surface area contributed by atoms with Crippen LogP contribution in [0.25, 0.3) is 0 Å². The Morgan fingerprint density at radius 3 is 2.13 bits per heavy atom. The topological polar surface area (TPSA) is 86.8 Å². The Balaban J connectivity index is 2.01. The highest BCUT2D eigenvalue weighted by atomic mass is 35.5. The van der Waals surface area contributed by atoms with Gasteiger partial charge in [-0.3, -0.25) is 13.9 Å². The van der Waals surface area contributed by atoms with Gasteiger partial charge in [-0.25, -0.2) is 8.42 Å². The Hall–Kier alpha value is -2.78. The zero-order valence-electron chi connectivity index (χ0n) is 21.8. The number of hydrogen-bond donors (Lipinski definition) is 1. The highest BCUT2D eigenvalue weighted by Gasteiger charge is 2.32. The number of amides is 2. The third-order valence-electron chi connectivity index (χ3n) is 6.23. The van der Waals surface area contributed by atoms with Crippen LogP contribution < -0.4 is 9.62 Å². The zero-order chi connectivity index (χ0) is 28.7. The number of nitrogens with zero attached hydrogens (tertiary/aromatic N) is 2. The second kappa shape index (κ2) is 13.5. The van der Waals surface area contributed by atoms with Gasteiger partial charge in [-0.1, -0.05) is 66.0 Å². The minimum atomic E-state index is -4.17. The summed E-state index contributed by atoms with van der Waals surface area (Å²) in [6.07, 6.45) is 0.709. The molecule has 3 aromatic rings. The molecule has 7 nitrogen and oxygen atoms in total. The highest BCUT2D eigenvalue weighted by Crippen LogP contribution is 2.27. The number of anilines is 1. The molecule has 39 heavy (non-hydrogen) atoms. The molecule has 0 aliphatic carbocycles. The van der Waals surface area contributed by atoms with Crippen molar-refractivity contribution in [1.29, 1.82) is 0 Å². The van der Waals surface area contributed by atoms with Crippen LogP contribution in [0.15, 0.2) is 77.7 Å². The predicted octanol–water partition coefficient (Wildman–Crippen LogP) is 6.17. The number of sulfonamides is 1. The minimum absolute atomic E-state index is 0.00837. The van der Waals surface area contributed by atoms with Crippen molar-refractivity contribution in [3.8, 4) is 0 Å². The number of para-hydroxylation sites is 1. The summed E-state index contributed by atoms with van der Waals surface area (Å²) in [7, 11) is -4.17. The van der Waals surface area contributed by atoms with Crippen molar-refractivity contribution in [3.05, 3.63) is 93.4 Å². The van der Waals surface area contributed by atoms with Crippen molar-refractivity contribution in [1.82, 2.24) is 10.2 Å².